The highest BCUT2D eigenvalue weighted by Crippen LogP contribution is 2.31. The van der Waals surface area contributed by atoms with Crippen molar-refractivity contribution in [2.75, 3.05) is 6.54 Å². The van der Waals surface area contributed by atoms with E-state index in [9.17, 15) is 4.39 Å². The van der Waals surface area contributed by atoms with Crippen LogP contribution in [0.4, 0.5) is 4.39 Å². The average molecular weight is 357 g/mol. The van der Waals surface area contributed by atoms with Gasteiger partial charge in [-0.3, -0.25) is 0 Å². The molecule has 1 unspecified atom stereocenters. The molecule has 20 heavy (non-hydrogen) atoms. The van der Waals surface area contributed by atoms with Crippen LogP contribution in [0.15, 0.2) is 40.9 Å². The minimum atomic E-state index is -0.196. The van der Waals surface area contributed by atoms with Gasteiger partial charge in [-0.05, 0) is 48.4 Å². The Balaban J connectivity index is 2.47. The molecule has 0 bridgehead atoms. The standard InChI is InChI=1S/C16H16BrClFN/c1-3-20-16(11-5-4-10(2)15(19)8-11)13-7-6-12(17)9-14(13)18/h4-9,16,20H,3H2,1-2H3. The van der Waals surface area contributed by atoms with Crippen LogP contribution in [0.1, 0.15) is 29.7 Å². The van der Waals surface area contributed by atoms with Gasteiger partial charge in [0.05, 0.1) is 6.04 Å². The molecule has 1 atom stereocenters. The van der Waals surface area contributed by atoms with Crippen molar-refractivity contribution in [1.29, 1.82) is 0 Å². The summed E-state index contributed by atoms with van der Waals surface area (Å²) in [5.74, 6) is -0.196. The number of hydrogen-bond acceptors (Lipinski definition) is 1. The Hall–Kier alpha value is -0.900. The molecule has 1 N–H and O–H groups in total. The van der Waals surface area contributed by atoms with Gasteiger partial charge in [0, 0.05) is 9.50 Å². The second kappa shape index (κ2) is 6.70. The maximum Gasteiger partial charge on any atom is 0.126 e. The van der Waals surface area contributed by atoms with E-state index in [4.69, 9.17) is 11.6 Å². The Bertz CT molecular complexity index is 615. The van der Waals surface area contributed by atoms with Gasteiger partial charge in [0.25, 0.3) is 0 Å². The van der Waals surface area contributed by atoms with Crippen molar-refractivity contribution in [3.63, 3.8) is 0 Å². The van der Waals surface area contributed by atoms with E-state index in [2.05, 4.69) is 21.2 Å². The molecular formula is C16H16BrClFN. The highest BCUT2D eigenvalue weighted by Gasteiger charge is 2.17. The van der Waals surface area contributed by atoms with Crippen molar-refractivity contribution in [2.45, 2.75) is 19.9 Å². The van der Waals surface area contributed by atoms with Gasteiger partial charge in [0.1, 0.15) is 5.82 Å². The summed E-state index contributed by atoms with van der Waals surface area (Å²) in [6.07, 6.45) is 0. The quantitative estimate of drug-likeness (QED) is 0.789. The van der Waals surface area contributed by atoms with E-state index >= 15 is 0 Å². The smallest absolute Gasteiger partial charge is 0.126 e. The monoisotopic (exact) mass is 355 g/mol. The van der Waals surface area contributed by atoms with Crippen LogP contribution >= 0.6 is 27.5 Å². The van der Waals surface area contributed by atoms with Crippen LogP contribution in [0.25, 0.3) is 0 Å². The fourth-order valence-corrected chi connectivity index (χ4v) is 2.92. The van der Waals surface area contributed by atoms with Crippen LogP contribution in [-0.2, 0) is 0 Å². The van der Waals surface area contributed by atoms with Crippen molar-refractivity contribution < 1.29 is 4.39 Å². The van der Waals surface area contributed by atoms with Crippen LogP contribution < -0.4 is 5.32 Å². The van der Waals surface area contributed by atoms with E-state index in [1.807, 2.05) is 31.2 Å². The van der Waals surface area contributed by atoms with E-state index in [-0.39, 0.29) is 11.9 Å². The zero-order valence-corrected chi connectivity index (χ0v) is 13.7. The van der Waals surface area contributed by atoms with Crippen LogP contribution in [0.2, 0.25) is 5.02 Å². The first-order valence-electron chi connectivity index (χ1n) is 6.47. The number of rotatable bonds is 4. The summed E-state index contributed by atoms with van der Waals surface area (Å²) in [6.45, 7) is 4.55. The van der Waals surface area contributed by atoms with Crippen molar-refractivity contribution >= 4 is 27.5 Å². The molecule has 2 aromatic rings. The van der Waals surface area contributed by atoms with Gasteiger partial charge < -0.3 is 5.32 Å². The molecule has 2 aromatic carbocycles. The molecule has 0 heterocycles. The van der Waals surface area contributed by atoms with E-state index < -0.39 is 0 Å². The first-order chi connectivity index (χ1) is 9.52. The lowest BCUT2D eigenvalue weighted by Gasteiger charge is -2.20. The van der Waals surface area contributed by atoms with E-state index in [0.717, 1.165) is 22.1 Å². The number of aryl methyl sites for hydroxylation is 1. The van der Waals surface area contributed by atoms with Crippen LogP contribution in [0.3, 0.4) is 0 Å². The predicted molar refractivity (Wildman–Crippen MR) is 85.8 cm³/mol. The molecule has 0 aromatic heterocycles. The Morgan fingerprint density at radius 3 is 2.60 bits per heavy atom. The molecule has 0 spiro atoms. The highest BCUT2D eigenvalue weighted by molar-refractivity contribution is 9.10. The van der Waals surface area contributed by atoms with E-state index in [1.165, 1.54) is 0 Å². The van der Waals surface area contributed by atoms with E-state index in [1.54, 1.807) is 19.1 Å². The van der Waals surface area contributed by atoms with Crippen molar-refractivity contribution in [3.05, 3.63) is 68.4 Å². The Morgan fingerprint density at radius 1 is 1.25 bits per heavy atom. The summed E-state index contributed by atoms with van der Waals surface area (Å²) in [5, 5.41) is 4.01. The minimum Gasteiger partial charge on any atom is -0.306 e. The summed E-state index contributed by atoms with van der Waals surface area (Å²) in [5.41, 5.74) is 2.46. The van der Waals surface area contributed by atoms with Gasteiger partial charge in [-0.1, -0.05) is 52.7 Å². The third-order valence-electron chi connectivity index (χ3n) is 3.21. The second-order valence-corrected chi connectivity index (χ2v) is 5.99. The number of nitrogens with one attached hydrogen (secondary N) is 1. The zero-order chi connectivity index (χ0) is 14.7. The molecule has 0 amide bonds. The molecule has 0 aliphatic rings. The minimum absolute atomic E-state index is 0.115. The molecule has 0 saturated carbocycles. The lowest BCUT2D eigenvalue weighted by atomic mass is 9.97. The summed E-state index contributed by atoms with van der Waals surface area (Å²) in [4.78, 5) is 0. The maximum atomic E-state index is 13.8. The molecule has 106 valence electrons. The van der Waals surface area contributed by atoms with Crippen LogP contribution in [0.5, 0.6) is 0 Å². The first kappa shape index (κ1) is 15.5. The second-order valence-electron chi connectivity index (χ2n) is 4.67. The van der Waals surface area contributed by atoms with E-state index in [0.29, 0.717) is 10.6 Å². The predicted octanol–water partition coefficient (Wildman–Crippen LogP) is 5.25. The normalized spacial score (nSPS) is 12.4. The molecule has 0 fully saturated rings. The Morgan fingerprint density at radius 2 is 2.00 bits per heavy atom. The summed E-state index contributed by atoms with van der Waals surface area (Å²) in [7, 11) is 0. The molecule has 0 aliphatic carbocycles. The SMILES string of the molecule is CCNC(c1ccc(C)c(F)c1)c1ccc(Br)cc1Cl. The number of hydrogen-bond donors (Lipinski definition) is 1. The van der Waals surface area contributed by atoms with Crippen LogP contribution in [-0.4, -0.2) is 6.54 Å². The molecule has 0 aliphatic heterocycles. The Kier molecular flexibility index (Phi) is 5.19. The van der Waals surface area contributed by atoms with Gasteiger partial charge in [0.2, 0.25) is 0 Å². The first-order valence-corrected chi connectivity index (χ1v) is 7.64. The summed E-state index contributed by atoms with van der Waals surface area (Å²) in [6, 6.07) is 10.9. The Labute approximate surface area is 132 Å². The molecule has 0 saturated heterocycles. The average Bonchev–Trinajstić information content (AvgIpc) is 2.40. The number of halogens is 3. The maximum absolute atomic E-state index is 13.8. The fourth-order valence-electron chi connectivity index (χ4n) is 2.14. The summed E-state index contributed by atoms with van der Waals surface area (Å²) < 4.78 is 14.7. The molecule has 4 heteroatoms. The van der Waals surface area contributed by atoms with Gasteiger partial charge >= 0.3 is 0 Å². The van der Waals surface area contributed by atoms with Gasteiger partial charge in [-0.25, -0.2) is 4.39 Å². The lowest BCUT2D eigenvalue weighted by molar-refractivity contribution is 0.597. The van der Waals surface area contributed by atoms with Crippen molar-refractivity contribution in [1.82, 2.24) is 5.32 Å². The van der Waals surface area contributed by atoms with Gasteiger partial charge in [-0.2, -0.15) is 0 Å². The number of benzene rings is 2. The third-order valence-corrected chi connectivity index (χ3v) is 4.03. The van der Waals surface area contributed by atoms with Gasteiger partial charge in [0.15, 0.2) is 0 Å². The third kappa shape index (κ3) is 3.40. The largest absolute Gasteiger partial charge is 0.306 e. The lowest BCUT2D eigenvalue weighted by Crippen LogP contribution is -2.22. The molecule has 1 nitrogen and oxygen atoms in total. The molecule has 0 radical (unpaired) electrons. The highest BCUT2D eigenvalue weighted by atomic mass is 79.9. The van der Waals surface area contributed by atoms with Crippen molar-refractivity contribution in [3.8, 4) is 0 Å². The van der Waals surface area contributed by atoms with Crippen molar-refractivity contribution in [2.24, 2.45) is 0 Å². The zero-order valence-electron chi connectivity index (χ0n) is 11.4. The molecular weight excluding hydrogens is 341 g/mol. The topological polar surface area (TPSA) is 12.0 Å². The fraction of sp³-hybridized carbons (Fsp3) is 0.250. The molecule has 2 rings (SSSR count). The van der Waals surface area contributed by atoms with Gasteiger partial charge in [-0.15, -0.1) is 0 Å². The summed E-state index contributed by atoms with van der Waals surface area (Å²) >= 11 is 9.71. The van der Waals surface area contributed by atoms with Crippen LogP contribution in [0, 0.1) is 12.7 Å².